The van der Waals surface area contributed by atoms with Crippen molar-refractivity contribution in [3.8, 4) is 0 Å². The molecule has 0 atom stereocenters. The normalized spacial score (nSPS) is 10.2. The summed E-state index contributed by atoms with van der Waals surface area (Å²) in [7, 11) is 0. The monoisotopic (exact) mass is 435 g/mol. The molecule has 0 saturated heterocycles. The van der Waals surface area contributed by atoms with Crippen molar-refractivity contribution in [3.63, 3.8) is 0 Å². The highest BCUT2D eigenvalue weighted by molar-refractivity contribution is 5.82. The number of nitrogens with one attached hydrogen (secondary N) is 4. The summed E-state index contributed by atoms with van der Waals surface area (Å²) < 4.78 is 5.06. The largest absolute Gasteiger partial charge is 0.445 e. The SMILES string of the molecule is Cc1nc(NCCNC(=O)CNC(=O)OCc2ccccc2)cc(Nc2ccccn2)n1. The van der Waals surface area contributed by atoms with E-state index < -0.39 is 6.09 Å². The van der Waals surface area contributed by atoms with Gasteiger partial charge in [0.15, 0.2) is 0 Å². The number of alkyl carbamates (subject to hydrolysis) is 1. The van der Waals surface area contributed by atoms with Gasteiger partial charge < -0.3 is 26.0 Å². The molecule has 166 valence electrons. The van der Waals surface area contributed by atoms with Crippen molar-refractivity contribution in [1.29, 1.82) is 0 Å². The minimum absolute atomic E-state index is 0.147. The van der Waals surface area contributed by atoms with E-state index in [-0.39, 0.29) is 19.1 Å². The summed E-state index contributed by atoms with van der Waals surface area (Å²) >= 11 is 0. The number of benzene rings is 1. The molecule has 0 aliphatic heterocycles. The quantitative estimate of drug-likeness (QED) is 0.357. The molecule has 0 saturated carbocycles. The number of hydrogen-bond donors (Lipinski definition) is 4. The molecular formula is C22H25N7O3. The van der Waals surface area contributed by atoms with Crippen LogP contribution in [0.5, 0.6) is 0 Å². The van der Waals surface area contributed by atoms with Crippen molar-refractivity contribution in [2.24, 2.45) is 0 Å². The fourth-order valence-electron chi connectivity index (χ4n) is 2.67. The van der Waals surface area contributed by atoms with E-state index in [1.807, 2.05) is 48.5 Å². The lowest BCUT2D eigenvalue weighted by Gasteiger charge is -2.11. The number of aryl methyl sites for hydroxylation is 1. The van der Waals surface area contributed by atoms with Crippen LogP contribution in [-0.4, -0.2) is 46.6 Å². The maximum atomic E-state index is 11.9. The van der Waals surface area contributed by atoms with Gasteiger partial charge in [0.2, 0.25) is 5.91 Å². The molecule has 3 aromatic rings. The minimum atomic E-state index is -0.647. The fraction of sp³-hybridized carbons (Fsp3) is 0.227. The van der Waals surface area contributed by atoms with Gasteiger partial charge in [0, 0.05) is 25.4 Å². The summed E-state index contributed by atoms with van der Waals surface area (Å²) in [6.45, 7) is 2.57. The van der Waals surface area contributed by atoms with Crippen molar-refractivity contribution < 1.29 is 14.3 Å². The van der Waals surface area contributed by atoms with Crippen molar-refractivity contribution in [3.05, 3.63) is 72.2 Å². The van der Waals surface area contributed by atoms with Gasteiger partial charge >= 0.3 is 6.09 Å². The number of carbonyl (C=O) groups excluding carboxylic acids is 2. The van der Waals surface area contributed by atoms with Crippen LogP contribution in [0.2, 0.25) is 0 Å². The molecule has 0 spiro atoms. The van der Waals surface area contributed by atoms with Gasteiger partial charge in [-0.05, 0) is 24.6 Å². The zero-order chi connectivity index (χ0) is 22.6. The zero-order valence-corrected chi connectivity index (χ0v) is 17.7. The Kier molecular flexibility index (Phi) is 8.32. The fourth-order valence-corrected chi connectivity index (χ4v) is 2.67. The molecule has 0 unspecified atom stereocenters. The smallest absolute Gasteiger partial charge is 0.407 e. The Morgan fingerprint density at radius 3 is 2.47 bits per heavy atom. The minimum Gasteiger partial charge on any atom is -0.445 e. The number of hydrogen-bond acceptors (Lipinski definition) is 8. The number of pyridine rings is 1. The van der Waals surface area contributed by atoms with E-state index >= 15 is 0 Å². The molecular weight excluding hydrogens is 410 g/mol. The lowest BCUT2D eigenvalue weighted by molar-refractivity contribution is -0.120. The Morgan fingerprint density at radius 2 is 1.69 bits per heavy atom. The van der Waals surface area contributed by atoms with Crippen molar-refractivity contribution >= 4 is 29.5 Å². The highest BCUT2D eigenvalue weighted by Crippen LogP contribution is 2.15. The number of rotatable bonds is 10. The Hall–Kier alpha value is -4.21. The number of aromatic nitrogens is 3. The number of carbonyl (C=O) groups is 2. The number of anilines is 3. The van der Waals surface area contributed by atoms with Crippen LogP contribution in [-0.2, 0) is 16.1 Å². The predicted molar refractivity (Wildman–Crippen MR) is 120 cm³/mol. The topological polar surface area (TPSA) is 130 Å². The molecule has 0 fully saturated rings. The second-order valence-electron chi connectivity index (χ2n) is 6.72. The maximum absolute atomic E-state index is 11.9. The first kappa shape index (κ1) is 22.5. The van der Waals surface area contributed by atoms with Crippen LogP contribution in [0, 0.1) is 6.92 Å². The van der Waals surface area contributed by atoms with E-state index in [9.17, 15) is 9.59 Å². The molecule has 3 rings (SSSR count). The van der Waals surface area contributed by atoms with Gasteiger partial charge in [-0.15, -0.1) is 0 Å². The molecule has 32 heavy (non-hydrogen) atoms. The van der Waals surface area contributed by atoms with E-state index in [4.69, 9.17) is 4.74 Å². The first-order valence-corrected chi connectivity index (χ1v) is 10.1. The number of nitrogens with zero attached hydrogens (tertiary/aromatic N) is 3. The van der Waals surface area contributed by atoms with Crippen LogP contribution < -0.4 is 21.3 Å². The number of amides is 2. The lowest BCUT2D eigenvalue weighted by Crippen LogP contribution is -2.38. The van der Waals surface area contributed by atoms with E-state index in [0.717, 1.165) is 5.56 Å². The van der Waals surface area contributed by atoms with Crippen molar-refractivity contribution in [2.75, 3.05) is 30.3 Å². The van der Waals surface area contributed by atoms with Crippen molar-refractivity contribution in [1.82, 2.24) is 25.6 Å². The van der Waals surface area contributed by atoms with Gasteiger partial charge in [-0.1, -0.05) is 36.4 Å². The van der Waals surface area contributed by atoms with Gasteiger partial charge in [-0.25, -0.2) is 19.7 Å². The van der Waals surface area contributed by atoms with E-state index in [2.05, 4.69) is 36.2 Å². The van der Waals surface area contributed by atoms with Crippen molar-refractivity contribution in [2.45, 2.75) is 13.5 Å². The van der Waals surface area contributed by atoms with E-state index in [1.54, 1.807) is 19.2 Å². The molecule has 10 nitrogen and oxygen atoms in total. The molecule has 4 N–H and O–H groups in total. The Labute approximate surface area is 185 Å². The Morgan fingerprint density at radius 1 is 0.906 bits per heavy atom. The van der Waals surface area contributed by atoms with Gasteiger partial charge in [-0.3, -0.25) is 4.79 Å². The highest BCUT2D eigenvalue weighted by atomic mass is 16.5. The van der Waals surface area contributed by atoms with Gasteiger partial charge in [0.05, 0.1) is 6.54 Å². The third-order valence-electron chi connectivity index (χ3n) is 4.12. The van der Waals surface area contributed by atoms with Gasteiger partial charge in [-0.2, -0.15) is 0 Å². The second-order valence-corrected chi connectivity index (χ2v) is 6.72. The molecule has 0 radical (unpaired) electrons. The summed E-state index contributed by atoms with van der Waals surface area (Å²) in [4.78, 5) is 36.4. The van der Waals surface area contributed by atoms with E-state index in [0.29, 0.717) is 36.4 Å². The Bertz CT molecular complexity index is 1020. The molecule has 0 aliphatic rings. The Balaban J connectivity index is 1.34. The van der Waals surface area contributed by atoms with Crippen LogP contribution in [0.4, 0.5) is 22.2 Å². The molecule has 2 amide bonds. The number of ether oxygens (including phenoxy) is 1. The molecule has 0 bridgehead atoms. The zero-order valence-electron chi connectivity index (χ0n) is 17.7. The predicted octanol–water partition coefficient (Wildman–Crippen LogP) is 2.38. The molecule has 10 heteroatoms. The summed E-state index contributed by atoms with van der Waals surface area (Å²) in [6, 6.07) is 16.6. The third kappa shape index (κ3) is 7.90. The van der Waals surface area contributed by atoms with Crippen LogP contribution in [0.15, 0.2) is 60.8 Å². The van der Waals surface area contributed by atoms with Crippen LogP contribution in [0.1, 0.15) is 11.4 Å². The molecule has 2 aromatic heterocycles. The van der Waals surface area contributed by atoms with Gasteiger partial charge in [0.1, 0.15) is 29.9 Å². The van der Waals surface area contributed by atoms with E-state index in [1.165, 1.54) is 0 Å². The summed E-state index contributed by atoms with van der Waals surface area (Å²) in [6.07, 6.45) is 1.04. The summed E-state index contributed by atoms with van der Waals surface area (Å²) in [5.74, 6) is 2.18. The summed E-state index contributed by atoms with van der Waals surface area (Å²) in [5.41, 5.74) is 0.872. The highest BCUT2D eigenvalue weighted by Gasteiger charge is 2.07. The average Bonchev–Trinajstić information content (AvgIpc) is 2.80. The van der Waals surface area contributed by atoms with Crippen LogP contribution >= 0.6 is 0 Å². The lowest BCUT2D eigenvalue weighted by atomic mass is 10.2. The molecule has 1 aromatic carbocycles. The average molecular weight is 435 g/mol. The maximum Gasteiger partial charge on any atom is 0.407 e. The van der Waals surface area contributed by atoms with Crippen LogP contribution in [0.3, 0.4) is 0 Å². The standard InChI is InChI=1S/C22H25N7O3/c1-16-27-19(13-20(28-16)29-18-9-5-6-10-23-18)24-11-12-25-21(30)14-26-22(31)32-15-17-7-3-2-4-8-17/h2-10,13H,11-12,14-15H2,1H3,(H,25,30)(H,26,31)(H2,23,24,27,28,29). The molecule has 2 heterocycles. The first-order valence-electron chi connectivity index (χ1n) is 10.1. The van der Waals surface area contributed by atoms with Gasteiger partial charge in [0.25, 0.3) is 0 Å². The molecule has 0 aliphatic carbocycles. The van der Waals surface area contributed by atoms with Crippen LogP contribution in [0.25, 0.3) is 0 Å². The first-order chi connectivity index (χ1) is 15.6. The second kappa shape index (κ2) is 11.8. The summed E-state index contributed by atoms with van der Waals surface area (Å²) in [5, 5.41) is 11.4. The third-order valence-corrected chi connectivity index (χ3v) is 4.12.